The van der Waals surface area contributed by atoms with E-state index in [-0.39, 0.29) is 23.5 Å². The minimum atomic E-state index is -1.34. The van der Waals surface area contributed by atoms with Gasteiger partial charge in [-0.25, -0.2) is 4.79 Å². The van der Waals surface area contributed by atoms with Crippen LogP contribution in [0.3, 0.4) is 0 Å². The number of carboxylic acid groups (broad SMARTS) is 1. The highest BCUT2D eigenvalue weighted by atomic mass is 16.5. The molecule has 1 aliphatic heterocycles. The van der Waals surface area contributed by atoms with Gasteiger partial charge in [0.05, 0.1) is 32.0 Å². The highest BCUT2D eigenvalue weighted by Crippen LogP contribution is 2.34. The van der Waals surface area contributed by atoms with Gasteiger partial charge in [-0.15, -0.1) is 0 Å². The van der Waals surface area contributed by atoms with Crippen molar-refractivity contribution in [3.63, 3.8) is 0 Å². The van der Waals surface area contributed by atoms with Crippen molar-refractivity contribution in [2.75, 3.05) is 14.2 Å². The lowest BCUT2D eigenvalue weighted by Crippen LogP contribution is -2.57. The number of ether oxygens (including phenoxy) is 3. The molecule has 24 heavy (non-hydrogen) atoms. The molecule has 1 saturated heterocycles. The Kier molecular flexibility index (Phi) is 5.66. The van der Waals surface area contributed by atoms with E-state index in [1.165, 1.54) is 26.4 Å². The monoisotopic (exact) mass is 342 g/mol. The van der Waals surface area contributed by atoms with E-state index in [4.69, 9.17) is 19.3 Å². The van der Waals surface area contributed by atoms with E-state index in [1.807, 2.05) is 0 Å². The first-order chi connectivity index (χ1) is 11.3. The molecule has 0 amide bonds. The molecule has 134 valence electrons. The van der Waals surface area contributed by atoms with Gasteiger partial charge in [0.1, 0.15) is 29.8 Å². The maximum Gasteiger partial charge on any atom is 0.335 e. The quantitative estimate of drug-likeness (QED) is 0.580. The van der Waals surface area contributed by atoms with Crippen molar-refractivity contribution < 1.29 is 39.4 Å². The van der Waals surface area contributed by atoms with Crippen LogP contribution in [0.1, 0.15) is 22.8 Å². The fourth-order valence-electron chi connectivity index (χ4n) is 2.82. The Bertz CT molecular complexity index is 577. The molecule has 0 unspecified atom stereocenters. The molecule has 0 saturated carbocycles. The molecular formula is C16H22O8. The van der Waals surface area contributed by atoms with E-state index in [2.05, 4.69) is 0 Å². The molecule has 1 fully saturated rings. The van der Waals surface area contributed by atoms with Crippen molar-refractivity contribution >= 4 is 5.97 Å². The molecule has 0 spiro atoms. The van der Waals surface area contributed by atoms with E-state index in [0.717, 1.165) is 0 Å². The van der Waals surface area contributed by atoms with Crippen LogP contribution in [0.2, 0.25) is 0 Å². The Labute approximate surface area is 139 Å². The maximum atomic E-state index is 11.2. The Morgan fingerprint density at radius 2 is 1.62 bits per heavy atom. The average Bonchev–Trinajstić information content (AvgIpc) is 2.57. The summed E-state index contributed by atoms with van der Waals surface area (Å²) in [5.41, 5.74) is 0.506. The molecule has 4 N–H and O–H groups in total. The summed E-state index contributed by atoms with van der Waals surface area (Å²) in [5, 5.41) is 39.0. The van der Waals surface area contributed by atoms with Crippen molar-refractivity contribution in [1.82, 2.24) is 0 Å². The molecule has 1 aliphatic rings. The number of carboxylic acids is 1. The zero-order valence-electron chi connectivity index (χ0n) is 13.7. The molecule has 8 heteroatoms. The van der Waals surface area contributed by atoms with Gasteiger partial charge in [0.25, 0.3) is 0 Å². The predicted octanol–water partition coefficient (Wildman–Crippen LogP) is -0.186. The molecular weight excluding hydrogens is 320 g/mol. The Hall–Kier alpha value is -1.87. The third kappa shape index (κ3) is 3.46. The third-order valence-electron chi connectivity index (χ3n) is 4.21. The lowest BCUT2D eigenvalue weighted by molar-refractivity contribution is -0.216. The molecule has 0 bridgehead atoms. The van der Waals surface area contributed by atoms with Crippen LogP contribution >= 0.6 is 0 Å². The summed E-state index contributed by atoms with van der Waals surface area (Å²) in [6.07, 6.45) is -5.18. The summed E-state index contributed by atoms with van der Waals surface area (Å²) >= 11 is 0. The fraction of sp³-hybridized carbons (Fsp3) is 0.562. The molecule has 0 aromatic heterocycles. The minimum Gasteiger partial charge on any atom is -0.496 e. The predicted molar refractivity (Wildman–Crippen MR) is 82.6 cm³/mol. The zero-order valence-corrected chi connectivity index (χ0v) is 13.7. The number of carbonyl (C=O) groups is 1. The zero-order chi connectivity index (χ0) is 18.0. The van der Waals surface area contributed by atoms with Gasteiger partial charge in [0, 0.05) is 12.0 Å². The summed E-state index contributed by atoms with van der Waals surface area (Å²) in [6.45, 7) is 1.59. The van der Waals surface area contributed by atoms with Gasteiger partial charge in [-0.1, -0.05) is 0 Å². The van der Waals surface area contributed by atoms with Crippen molar-refractivity contribution in [2.24, 2.45) is 0 Å². The first kappa shape index (κ1) is 18.5. The standard InChI is InChI=1S/C16H22O8/c1-7-13(17)15(19)14(18)12(24-7)6-9-10(22-2)4-8(16(20)21)5-11(9)23-3/h4-5,7,12-15,17-19H,6H2,1-3H3,(H,20,21)/t7-,12-,13-,14-,15+/m0/s1. The van der Waals surface area contributed by atoms with Gasteiger partial charge >= 0.3 is 5.97 Å². The number of rotatable bonds is 5. The number of aliphatic hydroxyl groups is 3. The van der Waals surface area contributed by atoms with E-state index in [0.29, 0.717) is 5.56 Å². The van der Waals surface area contributed by atoms with E-state index in [9.17, 15) is 20.1 Å². The van der Waals surface area contributed by atoms with Crippen molar-refractivity contribution in [1.29, 1.82) is 0 Å². The molecule has 0 radical (unpaired) electrons. The molecule has 1 aromatic rings. The van der Waals surface area contributed by atoms with Crippen LogP contribution in [0.5, 0.6) is 11.5 Å². The van der Waals surface area contributed by atoms with E-state index < -0.39 is 36.5 Å². The van der Waals surface area contributed by atoms with Gasteiger partial charge in [0.2, 0.25) is 0 Å². The highest BCUT2D eigenvalue weighted by Gasteiger charge is 2.42. The first-order valence-electron chi connectivity index (χ1n) is 7.48. The fourth-order valence-corrected chi connectivity index (χ4v) is 2.82. The van der Waals surface area contributed by atoms with Gasteiger partial charge in [-0.3, -0.25) is 0 Å². The van der Waals surface area contributed by atoms with Crippen LogP contribution < -0.4 is 9.47 Å². The highest BCUT2D eigenvalue weighted by molar-refractivity contribution is 5.89. The second-order valence-corrected chi connectivity index (χ2v) is 5.72. The number of aliphatic hydroxyl groups excluding tert-OH is 3. The maximum absolute atomic E-state index is 11.2. The van der Waals surface area contributed by atoms with Gasteiger partial charge < -0.3 is 34.6 Å². The van der Waals surface area contributed by atoms with Crippen molar-refractivity contribution in [3.8, 4) is 11.5 Å². The summed E-state index contributed by atoms with van der Waals surface area (Å²) in [5.74, 6) is -0.578. The van der Waals surface area contributed by atoms with Crippen LogP contribution in [0.15, 0.2) is 12.1 Å². The van der Waals surface area contributed by atoms with Crippen LogP contribution in [0.25, 0.3) is 0 Å². The Morgan fingerprint density at radius 3 is 2.08 bits per heavy atom. The molecule has 1 heterocycles. The normalized spacial score (nSPS) is 30.0. The topological polar surface area (TPSA) is 126 Å². The average molecular weight is 342 g/mol. The van der Waals surface area contributed by atoms with Gasteiger partial charge in [-0.2, -0.15) is 0 Å². The van der Waals surface area contributed by atoms with Gasteiger partial charge in [0.15, 0.2) is 0 Å². The number of benzene rings is 1. The Balaban J connectivity index is 2.36. The number of methoxy groups -OCH3 is 2. The second kappa shape index (κ2) is 7.35. The minimum absolute atomic E-state index is 0.00128. The summed E-state index contributed by atoms with van der Waals surface area (Å²) in [4.78, 5) is 11.2. The second-order valence-electron chi connectivity index (χ2n) is 5.72. The molecule has 8 nitrogen and oxygen atoms in total. The molecule has 2 rings (SSSR count). The Morgan fingerprint density at radius 1 is 1.08 bits per heavy atom. The number of hydrogen-bond acceptors (Lipinski definition) is 7. The lowest BCUT2D eigenvalue weighted by Gasteiger charge is -2.39. The summed E-state index contributed by atoms with van der Waals surface area (Å²) < 4.78 is 16.1. The number of hydrogen-bond donors (Lipinski definition) is 4. The van der Waals surface area contributed by atoms with Crippen molar-refractivity contribution in [3.05, 3.63) is 23.3 Å². The summed E-state index contributed by atoms with van der Waals surface area (Å²) in [6, 6.07) is 2.70. The van der Waals surface area contributed by atoms with Crippen LogP contribution in [0, 0.1) is 0 Å². The molecule has 1 aromatic carbocycles. The molecule has 0 aliphatic carbocycles. The van der Waals surface area contributed by atoms with Gasteiger partial charge in [-0.05, 0) is 19.1 Å². The van der Waals surface area contributed by atoms with E-state index >= 15 is 0 Å². The van der Waals surface area contributed by atoms with Crippen LogP contribution in [-0.4, -0.2) is 71.1 Å². The third-order valence-corrected chi connectivity index (χ3v) is 4.21. The summed E-state index contributed by atoms with van der Waals surface area (Å²) in [7, 11) is 2.78. The van der Waals surface area contributed by atoms with Crippen LogP contribution in [-0.2, 0) is 11.2 Å². The van der Waals surface area contributed by atoms with Crippen molar-refractivity contribution in [2.45, 2.75) is 43.9 Å². The smallest absolute Gasteiger partial charge is 0.335 e. The SMILES string of the molecule is COc1cc(C(=O)O)cc(OC)c1C[C@@H]1O[C@@H](C)[C@H](O)[C@@H](O)[C@H]1O. The van der Waals surface area contributed by atoms with Crippen LogP contribution in [0.4, 0.5) is 0 Å². The largest absolute Gasteiger partial charge is 0.496 e. The van der Waals surface area contributed by atoms with E-state index in [1.54, 1.807) is 6.92 Å². The lowest BCUT2D eigenvalue weighted by atomic mass is 9.91. The number of aromatic carboxylic acids is 1. The first-order valence-corrected chi connectivity index (χ1v) is 7.48. The molecule has 5 atom stereocenters.